The lowest BCUT2D eigenvalue weighted by atomic mass is 10.0. The molecule has 2 heterocycles. The fourth-order valence-corrected chi connectivity index (χ4v) is 3.80. The molecule has 2 aromatic carbocycles. The summed E-state index contributed by atoms with van der Waals surface area (Å²) in [6.07, 6.45) is -9.44. The van der Waals surface area contributed by atoms with Gasteiger partial charge in [-0.15, -0.1) is 0 Å². The molecular weight excluding hydrogens is 466 g/mol. The lowest BCUT2D eigenvalue weighted by Crippen LogP contribution is -2.46. The van der Waals surface area contributed by atoms with Gasteiger partial charge in [0.05, 0.1) is 36.9 Å². The van der Waals surface area contributed by atoms with Gasteiger partial charge in [0.2, 0.25) is 0 Å². The van der Waals surface area contributed by atoms with Gasteiger partial charge in [0.15, 0.2) is 6.29 Å². The minimum absolute atomic E-state index is 0.0898. The summed E-state index contributed by atoms with van der Waals surface area (Å²) >= 11 is 0. The first-order valence-electron chi connectivity index (χ1n) is 10.3. The molecule has 0 amide bonds. The minimum Gasteiger partial charge on any atom is -0.349 e. The van der Waals surface area contributed by atoms with Crippen molar-refractivity contribution in [2.75, 3.05) is 13.2 Å². The highest BCUT2D eigenvalue weighted by Gasteiger charge is 2.38. The van der Waals surface area contributed by atoms with Gasteiger partial charge >= 0.3 is 12.4 Å². The van der Waals surface area contributed by atoms with Gasteiger partial charge in [-0.05, 0) is 29.3 Å². The Morgan fingerprint density at radius 1 is 1.00 bits per heavy atom. The molecule has 0 aliphatic carbocycles. The van der Waals surface area contributed by atoms with Gasteiger partial charge in [0.1, 0.15) is 12.2 Å². The van der Waals surface area contributed by atoms with Crippen LogP contribution in [-0.2, 0) is 35.0 Å². The van der Waals surface area contributed by atoms with Gasteiger partial charge in [-0.1, -0.05) is 30.3 Å². The van der Waals surface area contributed by atoms with Gasteiger partial charge < -0.3 is 9.47 Å². The molecule has 12 heteroatoms. The van der Waals surface area contributed by atoms with E-state index in [4.69, 9.17) is 9.47 Å². The zero-order valence-corrected chi connectivity index (χ0v) is 17.6. The Balaban J connectivity index is 1.59. The number of H-pyrrole nitrogens is 1. The fraction of sp³-hybridized carbons (Fsp3) is 0.364. The van der Waals surface area contributed by atoms with Crippen LogP contribution >= 0.6 is 0 Å². The summed E-state index contributed by atoms with van der Waals surface area (Å²) in [5, 5.41) is 6.60. The molecule has 3 aromatic rings. The smallest absolute Gasteiger partial charge is 0.349 e. The van der Waals surface area contributed by atoms with Crippen LogP contribution < -0.4 is 0 Å². The molecule has 6 nitrogen and oxygen atoms in total. The van der Waals surface area contributed by atoms with E-state index in [1.807, 2.05) is 35.2 Å². The van der Waals surface area contributed by atoms with Gasteiger partial charge in [-0.3, -0.25) is 10.00 Å². The number of rotatable bonds is 6. The predicted molar refractivity (Wildman–Crippen MR) is 107 cm³/mol. The third kappa shape index (κ3) is 5.75. The molecule has 0 unspecified atom stereocenters. The number of nitrogens with zero attached hydrogens (tertiary/aromatic N) is 3. The summed E-state index contributed by atoms with van der Waals surface area (Å²) in [4.78, 5) is 6.12. The van der Waals surface area contributed by atoms with E-state index in [1.165, 1.54) is 6.33 Å². The molecule has 1 aromatic heterocycles. The summed E-state index contributed by atoms with van der Waals surface area (Å²) < 4.78 is 90.7. The Labute approximate surface area is 190 Å². The van der Waals surface area contributed by atoms with Crippen molar-refractivity contribution in [2.45, 2.75) is 37.8 Å². The highest BCUT2D eigenvalue weighted by Crippen LogP contribution is 2.37. The Hall–Kier alpha value is -2.96. The molecule has 0 bridgehead atoms. The summed E-state index contributed by atoms with van der Waals surface area (Å²) in [6, 6.07) is 10.1. The molecule has 1 N–H and O–H groups in total. The quantitative estimate of drug-likeness (QED) is 0.499. The zero-order chi connectivity index (χ0) is 24.3. The number of hydrogen-bond acceptors (Lipinski definition) is 5. The molecule has 1 fully saturated rings. The summed E-state index contributed by atoms with van der Waals surface area (Å²) in [6.45, 7) is 0.613. The van der Waals surface area contributed by atoms with E-state index in [-0.39, 0.29) is 18.2 Å². The van der Waals surface area contributed by atoms with Crippen molar-refractivity contribution in [3.63, 3.8) is 0 Å². The van der Waals surface area contributed by atoms with E-state index in [2.05, 4.69) is 15.2 Å². The molecule has 34 heavy (non-hydrogen) atoms. The molecule has 4 rings (SSSR count). The van der Waals surface area contributed by atoms with Crippen LogP contribution in [0.25, 0.3) is 0 Å². The number of hydrogen-bond donors (Lipinski definition) is 1. The van der Waals surface area contributed by atoms with Gasteiger partial charge in [-0.25, -0.2) is 4.98 Å². The van der Waals surface area contributed by atoms with Crippen molar-refractivity contribution in [1.82, 2.24) is 20.1 Å². The first-order chi connectivity index (χ1) is 16.1. The Bertz CT molecular complexity index is 1040. The number of ether oxygens (including phenoxy) is 2. The predicted octanol–water partition coefficient (Wildman–Crippen LogP) is 4.96. The average molecular weight is 486 g/mol. The van der Waals surface area contributed by atoms with Crippen LogP contribution in [0.1, 0.15) is 34.1 Å². The Morgan fingerprint density at radius 3 is 2.26 bits per heavy atom. The second-order valence-electron chi connectivity index (χ2n) is 7.72. The van der Waals surface area contributed by atoms with E-state index < -0.39 is 42.4 Å². The second kappa shape index (κ2) is 9.72. The van der Waals surface area contributed by atoms with Crippen molar-refractivity contribution in [1.29, 1.82) is 0 Å². The number of alkyl halides is 6. The Morgan fingerprint density at radius 2 is 1.68 bits per heavy atom. The monoisotopic (exact) mass is 486 g/mol. The van der Waals surface area contributed by atoms with Crippen LogP contribution in [-0.4, -0.2) is 39.5 Å². The fourth-order valence-electron chi connectivity index (χ4n) is 3.80. The Kier molecular flexibility index (Phi) is 6.91. The van der Waals surface area contributed by atoms with Crippen molar-refractivity contribution in [3.05, 3.63) is 82.9 Å². The van der Waals surface area contributed by atoms with Crippen LogP contribution in [0.15, 0.2) is 54.9 Å². The van der Waals surface area contributed by atoms with Crippen molar-refractivity contribution in [2.24, 2.45) is 0 Å². The molecule has 1 aliphatic heterocycles. The number of aromatic amines is 1. The maximum Gasteiger partial charge on any atom is 0.416 e. The van der Waals surface area contributed by atoms with Gasteiger partial charge in [0.25, 0.3) is 0 Å². The lowest BCUT2D eigenvalue weighted by molar-refractivity contribution is -0.218. The first-order valence-corrected chi connectivity index (χ1v) is 10.3. The molecule has 0 spiro atoms. The normalized spacial score (nSPS) is 19.9. The van der Waals surface area contributed by atoms with Gasteiger partial charge in [0, 0.05) is 6.54 Å². The molecule has 182 valence electrons. The lowest BCUT2D eigenvalue weighted by Gasteiger charge is -2.40. The molecule has 1 aliphatic rings. The summed E-state index contributed by atoms with van der Waals surface area (Å²) in [5.74, 6) is 0.592. The first kappa shape index (κ1) is 24.2. The largest absolute Gasteiger partial charge is 0.416 e. The second-order valence-corrected chi connectivity index (χ2v) is 7.72. The zero-order valence-electron chi connectivity index (χ0n) is 17.6. The summed E-state index contributed by atoms with van der Waals surface area (Å²) in [7, 11) is 0. The maximum atomic E-state index is 13.2. The van der Waals surface area contributed by atoms with Crippen LogP contribution in [0.5, 0.6) is 0 Å². The number of nitrogens with one attached hydrogen (secondary N) is 1. The van der Waals surface area contributed by atoms with Crippen LogP contribution in [0.3, 0.4) is 0 Å². The topological polar surface area (TPSA) is 63.3 Å². The van der Waals surface area contributed by atoms with Crippen LogP contribution in [0, 0.1) is 0 Å². The SMILES string of the molecule is FC(F)(F)c1cc(CO[C@H]2OCCN(Cc3ncn[nH]3)[C@@H]2c2ccccc2)cc(C(F)(F)F)c1. The van der Waals surface area contributed by atoms with Crippen molar-refractivity contribution in [3.8, 4) is 0 Å². The highest BCUT2D eigenvalue weighted by molar-refractivity contribution is 5.33. The number of benzene rings is 2. The standard InChI is InChI=1S/C22H20F6N4O2/c23-21(24,25)16-8-14(9-17(10-16)22(26,27)28)12-34-20-19(15-4-2-1-3-5-15)32(6-7-33-20)11-18-29-13-30-31-18/h1-5,8-10,13,19-20H,6-7,11-12H2,(H,29,30,31)/t19-,20-/m1/s1. The average Bonchev–Trinajstić information content (AvgIpc) is 3.30. The third-order valence-electron chi connectivity index (χ3n) is 5.33. The van der Waals surface area contributed by atoms with E-state index in [0.29, 0.717) is 31.0 Å². The molecule has 2 atom stereocenters. The van der Waals surface area contributed by atoms with E-state index in [1.54, 1.807) is 0 Å². The number of morpholine rings is 1. The van der Waals surface area contributed by atoms with Crippen LogP contribution in [0.2, 0.25) is 0 Å². The van der Waals surface area contributed by atoms with Crippen LogP contribution in [0.4, 0.5) is 26.3 Å². The molecule has 0 saturated carbocycles. The number of halogens is 6. The van der Waals surface area contributed by atoms with E-state index >= 15 is 0 Å². The molecular formula is C22H20F6N4O2. The highest BCUT2D eigenvalue weighted by atomic mass is 19.4. The van der Waals surface area contributed by atoms with E-state index in [9.17, 15) is 26.3 Å². The van der Waals surface area contributed by atoms with Crippen molar-refractivity contribution < 1.29 is 35.8 Å². The van der Waals surface area contributed by atoms with Crippen molar-refractivity contribution >= 4 is 0 Å². The van der Waals surface area contributed by atoms with E-state index in [0.717, 1.165) is 5.56 Å². The summed E-state index contributed by atoms with van der Waals surface area (Å²) in [5.41, 5.74) is -2.23. The third-order valence-corrected chi connectivity index (χ3v) is 5.33. The molecule has 0 radical (unpaired) electrons. The maximum absolute atomic E-state index is 13.2. The minimum atomic E-state index is -4.93. The molecule has 1 saturated heterocycles. The number of aromatic nitrogens is 3. The van der Waals surface area contributed by atoms with Gasteiger partial charge in [-0.2, -0.15) is 31.4 Å².